The van der Waals surface area contributed by atoms with Crippen LogP contribution in [0.1, 0.15) is 36.1 Å². The SMILES string of the molecule is CC(C(=O)O)c1c(CCC(=O)O)c[nH]c1CN. The van der Waals surface area contributed by atoms with Crippen molar-refractivity contribution in [1.29, 1.82) is 0 Å². The summed E-state index contributed by atoms with van der Waals surface area (Å²) in [7, 11) is 0. The highest BCUT2D eigenvalue weighted by molar-refractivity contribution is 5.77. The Labute approximate surface area is 98.4 Å². The van der Waals surface area contributed by atoms with E-state index in [9.17, 15) is 9.59 Å². The first-order valence-electron chi connectivity index (χ1n) is 5.31. The number of aromatic amines is 1. The second-order valence-corrected chi connectivity index (χ2v) is 3.86. The van der Waals surface area contributed by atoms with E-state index in [2.05, 4.69) is 4.98 Å². The molecule has 0 spiro atoms. The number of nitrogens with two attached hydrogens (primary N) is 1. The van der Waals surface area contributed by atoms with E-state index >= 15 is 0 Å². The van der Waals surface area contributed by atoms with Crippen molar-refractivity contribution in [2.75, 3.05) is 0 Å². The molecule has 0 saturated heterocycles. The maximum Gasteiger partial charge on any atom is 0.310 e. The van der Waals surface area contributed by atoms with Gasteiger partial charge < -0.3 is 20.9 Å². The molecule has 0 aromatic carbocycles. The number of rotatable bonds is 6. The number of carboxylic acids is 2. The number of hydrogen-bond acceptors (Lipinski definition) is 3. The van der Waals surface area contributed by atoms with Crippen molar-refractivity contribution in [3.63, 3.8) is 0 Å². The van der Waals surface area contributed by atoms with Gasteiger partial charge in [-0.2, -0.15) is 0 Å². The van der Waals surface area contributed by atoms with Gasteiger partial charge in [0, 0.05) is 24.9 Å². The van der Waals surface area contributed by atoms with E-state index in [1.807, 2.05) is 0 Å². The second-order valence-electron chi connectivity index (χ2n) is 3.86. The lowest BCUT2D eigenvalue weighted by Gasteiger charge is -2.10. The molecule has 1 heterocycles. The molecule has 0 aliphatic heterocycles. The average molecular weight is 240 g/mol. The normalized spacial score (nSPS) is 12.4. The van der Waals surface area contributed by atoms with Crippen LogP contribution in [0.3, 0.4) is 0 Å². The Hall–Kier alpha value is -1.82. The molecule has 0 fully saturated rings. The van der Waals surface area contributed by atoms with Crippen molar-refractivity contribution in [3.05, 3.63) is 23.0 Å². The van der Waals surface area contributed by atoms with Gasteiger partial charge in [-0.05, 0) is 24.5 Å². The molecule has 1 aromatic heterocycles. The van der Waals surface area contributed by atoms with Gasteiger partial charge in [-0.1, -0.05) is 0 Å². The zero-order chi connectivity index (χ0) is 13.0. The number of carboxylic acid groups (broad SMARTS) is 2. The Morgan fingerprint density at radius 3 is 2.59 bits per heavy atom. The Balaban J connectivity index is 3.01. The van der Waals surface area contributed by atoms with Crippen LogP contribution in [0.25, 0.3) is 0 Å². The molecule has 6 heteroatoms. The van der Waals surface area contributed by atoms with Crippen LogP contribution in [0.4, 0.5) is 0 Å². The van der Waals surface area contributed by atoms with Crippen molar-refractivity contribution < 1.29 is 19.8 Å². The number of H-pyrrole nitrogens is 1. The standard InChI is InChI=1S/C11H16N2O4/c1-6(11(16)17)10-7(2-3-9(14)15)5-13-8(10)4-12/h5-6,13H,2-4,12H2,1H3,(H,14,15)(H,16,17). The zero-order valence-electron chi connectivity index (χ0n) is 9.56. The second kappa shape index (κ2) is 5.49. The maximum absolute atomic E-state index is 11.0. The number of aliphatic carboxylic acids is 2. The first-order chi connectivity index (χ1) is 7.97. The fourth-order valence-electron chi connectivity index (χ4n) is 1.80. The summed E-state index contributed by atoms with van der Waals surface area (Å²) >= 11 is 0. The van der Waals surface area contributed by atoms with E-state index in [0.29, 0.717) is 23.2 Å². The third-order valence-electron chi connectivity index (χ3n) is 2.71. The van der Waals surface area contributed by atoms with Gasteiger partial charge in [-0.25, -0.2) is 0 Å². The van der Waals surface area contributed by atoms with Crippen LogP contribution in [-0.2, 0) is 22.6 Å². The molecule has 0 amide bonds. The van der Waals surface area contributed by atoms with Gasteiger partial charge >= 0.3 is 11.9 Å². The molecule has 0 bridgehead atoms. The third kappa shape index (κ3) is 3.07. The van der Waals surface area contributed by atoms with Crippen LogP contribution in [-0.4, -0.2) is 27.1 Å². The Bertz CT molecular complexity index is 425. The number of hydrogen-bond donors (Lipinski definition) is 4. The molecule has 17 heavy (non-hydrogen) atoms. The average Bonchev–Trinajstić information content (AvgIpc) is 2.67. The van der Waals surface area contributed by atoms with Gasteiger partial charge in [-0.3, -0.25) is 9.59 Å². The molecule has 0 aliphatic carbocycles. The molecular weight excluding hydrogens is 224 g/mol. The molecule has 0 saturated carbocycles. The summed E-state index contributed by atoms with van der Waals surface area (Å²) in [5.41, 5.74) is 7.49. The van der Waals surface area contributed by atoms with E-state index in [1.165, 1.54) is 0 Å². The fourth-order valence-corrected chi connectivity index (χ4v) is 1.80. The summed E-state index contributed by atoms with van der Waals surface area (Å²) in [6.07, 6.45) is 1.92. The highest BCUT2D eigenvalue weighted by Gasteiger charge is 2.22. The van der Waals surface area contributed by atoms with Gasteiger partial charge in [0.2, 0.25) is 0 Å². The molecule has 1 aromatic rings. The van der Waals surface area contributed by atoms with Crippen molar-refractivity contribution in [2.24, 2.45) is 5.73 Å². The first-order valence-corrected chi connectivity index (χ1v) is 5.31. The molecule has 1 unspecified atom stereocenters. The van der Waals surface area contributed by atoms with Crippen LogP contribution >= 0.6 is 0 Å². The van der Waals surface area contributed by atoms with Crippen molar-refractivity contribution in [3.8, 4) is 0 Å². The lowest BCUT2D eigenvalue weighted by molar-refractivity contribution is -0.138. The molecule has 0 radical (unpaired) electrons. The van der Waals surface area contributed by atoms with E-state index in [0.717, 1.165) is 0 Å². The van der Waals surface area contributed by atoms with Gasteiger partial charge in [0.05, 0.1) is 5.92 Å². The van der Waals surface area contributed by atoms with Gasteiger partial charge in [-0.15, -0.1) is 0 Å². The summed E-state index contributed by atoms with van der Waals surface area (Å²) in [6, 6.07) is 0. The van der Waals surface area contributed by atoms with Crippen LogP contribution in [0.5, 0.6) is 0 Å². The number of carbonyl (C=O) groups is 2. The number of nitrogens with one attached hydrogen (secondary N) is 1. The number of aryl methyl sites for hydroxylation is 1. The van der Waals surface area contributed by atoms with Crippen LogP contribution < -0.4 is 5.73 Å². The van der Waals surface area contributed by atoms with Crippen molar-refractivity contribution in [1.82, 2.24) is 4.98 Å². The van der Waals surface area contributed by atoms with E-state index in [-0.39, 0.29) is 13.0 Å². The van der Waals surface area contributed by atoms with Crippen molar-refractivity contribution in [2.45, 2.75) is 32.2 Å². The number of aromatic nitrogens is 1. The summed E-state index contributed by atoms with van der Waals surface area (Å²) in [5, 5.41) is 17.6. The Morgan fingerprint density at radius 1 is 1.47 bits per heavy atom. The largest absolute Gasteiger partial charge is 0.481 e. The molecule has 1 atom stereocenters. The Kier molecular flexibility index (Phi) is 4.28. The van der Waals surface area contributed by atoms with Gasteiger partial charge in [0.15, 0.2) is 0 Å². The predicted octanol–water partition coefficient (Wildman–Crippen LogP) is 0.679. The lowest BCUT2D eigenvalue weighted by atomic mass is 9.95. The first kappa shape index (κ1) is 13.2. The van der Waals surface area contributed by atoms with Crippen LogP contribution in [0.2, 0.25) is 0 Å². The van der Waals surface area contributed by atoms with Crippen molar-refractivity contribution >= 4 is 11.9 Å². The molecule has 6 nitrogen and oxygen atoms in total. The summed E-state index contributed by atoms with van der Waals surface area (Å²) in [6.45, 7) is 1.77. The summed E-state index contributed by atoms with van der Waals surface area (Å²) in [5.74, 6) is -2.55. The zero-order valence-corrected chi connectivity index (χ0v) is 9.56. The molecular formula is C11H16N2O4. The van der Waals surface area contributed by atoms with E-state index < -0.39 is 17.9 Å². The quantitative estimate of drug-likeness (QED) is 0.583. The third-order valence-corrected chi connectivity index (χ3v) is 2.71. The summed E-state index contributed by atoms with van der Waals surface area (Å²) < 4.78 is 0. The fraction of sp³-hybridized carbons (Fsp3) is 0.455. The minimum Gasteiger partial charge on any atom is -0.481 e. The van der Waals surface area contributed by atoms with E-state index in [4.69, 9.17) is 15.9 Å². The summed E-state index contributed by atoms with van der Waals surface area (Å²) in [4.78, 5) is 24.4. The predicted molar refractivity (Wildman–Crippen MR) is 60.7 cm³/mol. The van der Waals surface area contributed by atoms with E-state index in [1.54, 1.807) is 13.1 Å². The monoisotopic (exact) mass is 240 g/mol. The molecule has 0 aliphatic rings. The minimum absolute atomic E-state index is 0.0266. The smallest absolute Gasteiger partial charge is 0.310 e. The van der Waals surface area contributed by atoms with Gasteiger partial charge in [0.25, 0.3) is 0 Å². The minimum atomic E-state index is -0.948. The molecule has 94 valence electrons. The maximum atomic E-state index is 11.0. The lowest BCUT2D eigenvalue weighted by Crippen LogP contribution is -2.13. The van der Waals surface area contributed by atoms with Crippen LogP contribution in [0.15, 0.2) is 6.20 Å². The molecule has 5 N–H and O–H groups in total. The highest BCUT2D eigenvalue weighted by atomic mass is 16.4. The Morgan fingerprint density at radius 2 is 2.12 bits per heavy atom. The van der Waals surface area contributed by atoms with Gasteiger partial charge in [0.1, 0.15) is 0 Å². The topological polar surface area (TPSA) is 116 Å². The highest BCUT2D eigenvalue weighted by Crippen LogP contribution is 2.25. The van der Waals surface area contributed by atoms with Crippen LogP contribution in [0, 0.1) is 0 Å². The molecule has 1 rings (SSSR count).